The molecule has 0 radical (unpaired) electrons. The van der Waals surface area contributed by atoms with Gasteiger partial charge in [0.15, 0.2) is 0 Å². The van der Waals surface area contributed by atoms with Gasteiger partial charge in [-0.15, -0.1) is 0 Å². The lowest BCUT2D eigenvalue weighted by Gasteiger charge is -2.37. The third-order valence-corrected chi connectivity index (χ3v) is 7.22. The van der Waals surface area contributed by atoms with Crippen LogP contribution >= 0.6 is 0 Å². The van der Waals surface area contributed by atoms with E-state index in [2.05, 4.69) is 17.3 Å². The molecule has 0 spiro atoms. The third-order valence-electron chi connectivity index (χ3n) is 7.22. The van der Waals surface area contributed by atoms with Gasteiger partial charge in [0.05, 0.1) is 30.2 Å². The van der Waals surface area contributed by atoms with Crippen LogP contribution in [0.25, 0.3) is 11.3 Å². The molecule has 2 aromatic rings. The summed E-state index contributed by atoms with van der Waals surface area (Å²) in [6.07, 6.45) is 6.82. The molecule has 2 saturated carbocycles. The summed E-state index contributed by atoms with van der Waals surface area (Å²) in [6, 6.07) is 10.4. The maximum atomic E-state index is 13.0. The van der Waals surface area contributed by atoms with E-state index in [1.165, 1.54) is 6.21 Å². The smallest absolute Gasteiger partial charge is 0.338 e. The highest BCUT2D eigenvalue weighted by molar-refractivity contribution is 6.06. The fraction of sp³-hybridized carbons (Fsp3) is 0.360. The summed E-state index contributed by atoms with van der Waals surface area (Å²) < 4.78 is 10.9. The molecule has 7 rings (SSSR count). The molecule has 0 unspecified atom stereocenters. The van der Waals surface area contributed by atoms with Gasteiger partial charge < -0.3 is 9.15 Å². The molecular weight excluding hydrogens is 408 g/mol. The summed E-state index contributed by atoms with van der Waals surface area (Å²) in [7, 11) is 0. The lowest BCUT2D eigenvalue weighted by atomic mass is 9.63. The highest BCUT2D eigenvalue weighted by atomic mass is 16.5. The van der Waals surface area contributed by atoms with Crippen LogP contribution in [0.15, 0.2) is 58.1 Å². The van der Waals surface area contributed by atoms with Crippen molar-refractivity contribution in [3.05, 3.63) is 59.9 Å². The number of hydrazone groups is 1. The van der Waals surface area contributed by atoms with Gasteiger partial charge in [0.2, 0.25) is 0 Å². The Balaban J connectivity index is 1.21. The van der Waals surface area contributed by atoms with Crippen molar-refractivity contribution in [3.63, 3.8) is 0 Å². The van der Waals surface area contributed by atoms with Crippen molar-refractivity contribution in [3.8, 4) is 11.3 Å². The molecule has 5 aliphatic rings. The number of hydrogen-bond acceptors (Lipinski definition) is 6. The highest BCUT2D eigenvalue weighted by Crippen LogP contribution is 2.65. The number of imide groups is 1. The average Bonchev–Trinajstić information content (AvgIpc) is 3.44. The number of furan rings is 1. The second-order valence-corrected chi connectivity index (χ2v) is 8.89. The number of allylic oxidation sites excluding steroid dienone is 2. The molecule has 32 heavy (non-hydrogen) atoms. The Bertz CT molecular complexity index is 1160. The van der Waals surface area contributed by atoms with E-state index >= 15 is 0 Å². The van der Waals surface area contributed by atoms with E-state index in [1.54, 1.807) is 37.3 Å². The van der Waals surface area contributed by atoms with E-state index in [9.17, 15) is 14.4 Å². The summed E-state index contributed by atoms with van der Waals surface area (Å²) in [5, 5.41) is 5.25. The number of carbonyl (C=O) groups excluding carboxylic acids is 3. The Morgan fingerprint density at radius 3 is 2.53 bits per heavy atom. The quantitative estimate of drug-likeness (QED) is 0.313. The second kappa shape index (κ2) is 7.02. The topological polar surface area (TPSA) is 89.2 Å². The van der Waals surface area contributed by atoms with Crippen LogP contribution in [0.4, 0.5) is 0 Å². The minimum Gasteiger partial charge on any atom is -0.462 e. The zero-order chi connectivity index (χ0) is 22.0. The normalized spacial score (nSPS) is 31.8. The molecule has 4 aliphatic carbocycles. The first kappa shape index (κ1) is 19.2. The first-order chi connectivity index (χ1) is 15.6. The van der Waals surface area contributed by atoms with Crippen molar-refractivity contribution >= 4 is 24.0 Å². The van der Waals surface area contributed by atoms with Gasteiger partial charge in [-0.25, -0.2) is 4.79 Å². The zero-order valence-electron chi connectivity index (χ0n) is 17.5. The van der Waals surface area contributed by atoms with Crippen LogP contribution < -0.4 is 0 Å². The second-order valence-electron chi connectivity index (χ2n) is 8.89. The Kier molecular flexibility index (Phi) is 4.22. The number of benzene rings is 1. The molecule has 1 saturated heterocycles. The fourth-order valence-corrected chi connectivity index (χ4v) is 5.76. The monoisotopic (exact) mass is 430 g/mol. The van der Waals surface area contributed by atoms with E-state index in [1.807, 2.05) is 6.07 Å². The lowest BCUT2D eigenvalue weighted by Crippen LogP contribution is -2.40. The maximum Gasteiger partial charge on any atom is 0.338 e. The number of ether oxygens (including phenoxy) is 1. The molecule has 0 N–H and O–H groups in total. The standard InChI is InChI=1S/C25H22N2O5/c1-2-31-25(30)14-5-3-4-13(10-14)20-9-6-15(32-20)12-26-27-23(28)21-16-7-8-17(19-11-18(16)19)22(21)24(27)29/h3-10,12,16-19,21-22H,2,11H2,1H3/b26-12-/t16-,17-,18-,19+,21+,22-/m1/s1. The molecule has 1 aliphatic heterocycles. The van der Waals surface area contributed by atoms with Crippen LogP contribution in [0.5, 0.6) is 0 Å². The molecule has 7 heteroatoms. The van der Waals surface area contributed by atoms with Gasteiger partial charge in [-0.05, 0) is 61.3 Å². The number of amides is 2. The summed E-state index contributed by atoms with van der Waals surface area (Å²) in [4.78, 5) is 38.0. The predicted molar refractivity (Wildman–Crippen MR) is 114 cm³/mol. The van der Waals surface area contributed by atoms with Crippen LogP contribution in [0.3, 0.4) is 0 Å². The summed E-state index contributed by atoms with van der Waals surface area (Å²) in [5.41, 5.74) is 1.16. The molecule has 6 atom stereocenters. The van der Waals surface area contributed by atoms with Gasteiger partial charge in [-0.1, -0.05) is 24.3 Å². The Labute approximate surface area is 184 Å². The molecule has 2 bridgehead atoms. The van der Waals surface area contributed by atoms with E-state index < -0.39 is 5.97 Å². The van der Waals surface area contributed by atoms with Gasteiger partial charge >= 0.3 is 5.97 Å². The van der Waals surface area contributed by atoms with Crippen molar-refractivity contribution in [1.29, 1.82) is 0 Å². The predicted octanol–water partition coefficient (Wildman–Crippen LogP) is 3.51. The van der Waals surface area contributed by atoms with Gasteiger partial charge in [0.25, 0.3) is 11.8 Å². The number of nitrogens with zero attached hydrogens (tertiary/aromatic N) is 2. The van der Waals surface area contributed by atoms with Crippen molar-refractivity contribution in [2.75, 3.05) is 6.61 Å². The molecule has 3 fully saturated rings. The molecule has 162 valence electrons. The maximum absolute atomic E-state index is 13.0. The Hall–Kier alpha value is -3.48. The van der Waals surface area contributed by atoms with Crippen LogP contribution in [-0.4, -0.2) is 35.6 Å². The van der Waals surface area contributed by atoms with Gasteiger partial charge in [0.1, 0.15) is 11.5 Å². The number of esters is 1. The van der Waals surface area contributed by atoms with E-state index in [0.29, 0.717) is 35.5 Å². The first-order valence-corrected chi connectivity index (χ1v) is 11.0. The Morgan fingerprint density at radius 2 is 1.84 bits per heavy atom. The third kappa shape index (κ3) is 2.80. The minimum atomic E-state index is -0.392. The summed E-state index contributed by atoms with van der Waals surface area (Å²) in [5.74, 6) is 1.11. The van der Waals surface area contributed by atoms with E-state index in [0.717, 1.165) is 17.0 Å². The lowest BCUT2D eigenvalue weighted by molar-refractivity contribution is -0.140. The van der Waals surface area contributed by atoms with Gasteiger partial charge in [0, 0.05) is 5.56 Å². The van der Waals surface area contributed by atoms with Gasteiger partial charge in [-0.2, -0.15) is 10.1 Å². The highest BCUT2D eigenvalue weighted by Gasteiger charge is 2.67. The van der Waals surface area contributed by atoms with Gasteiger partial charge in [-0.3, -0.25) is 9.59 Å². The largest absolute Gasteiger partial charge is 0.462 e. The van der Waals surface area contributed by atoms with E-state index in [4.69, 9.17) is 9.15 Å². The minimum absolute atomic E-state index is 0.175. The van der Waals surface area contributed by atoms with Crippen LogP contribution in [0.1, 0.15) is 29.5 Å². The number of carbonyl (C=O) groups is 3. The fourth-order valence-electron chi connectivity index (χ4n) is 5.76. The SMILES string of the molecule is CCOC(=O)c1cccc(-c2ccc(/C=N\N3C(=O)[C@@H]4[C@@H]5C=C[C@H]([C@H]6C[C@@H]56)[C@@H]4C3=O)o2)c1. The summed E-state index contributed by atoms with van der Waals surface area (Å²) >= 11 is 0. The van der Waals surface area contributed by atoms with Crippen LogP contribution in [0.2, 0.25) is 0 Å². The number of rotatable bonds is 5. The Morgan fingerprint density at radius 1 is 1.12 bits per heavy atom. The van der Waals surface area contributed by atoms with Crippen molar-refractivity contribution in [2.24, 2.45) is 40.6 Å². The van der Waals surface area contributed by atoms with E-state index in [-0.39, 0.29) is 35.5 Å². The molecule has 2 amide bonds. The number of hydrogen-bond donors (Lipinski definition) is 0. The molecule has 1 aromatic heterocycles. The molecular formula is C25H22N2O5. The molecule has 1 aromatic carbocycles. The van der Waals surface area contributed by atoms with Crippen molar-refractivity contribution in [2.45, 2.75) is 13.3 Å². The molecule has 7 nitrogen and oxygen atoms in total. The first-order valence-electron chi connectivity index (χ1n) is 11.0. The zero-order valence-corrected chi connectivity index (χ0v) is 17.5. The van der Waals surface area contributed by atoms with Crippen molar-refractivity contribution < 1.29 is 23.5 Å². The summed E-state index contributed by atoms with van der Waals surface area (Å²) in [6.45, 7) is 2.06. The molecule has 2 heterocycles. The van der Waals surface area contributed by atoms with Crippen LogP contribution in [-0.2, 0) is 14.3 Å². The van der Waals surface area contributed by atoms with Crippen molar-refractivity contribution in [1.82, 2.24) is 5.01 Å². The average molecular weight is 430 g/mol. The van der Waals surface area contributed by atoms with Crippen LogP contribution in [0, 0.1) is 35.5 Å².